The molecule has 0 saturated heterocycles. The largest absolute Gasteiger partial charge is 0.340 e. The maximum Gasteiger partial charge on any atom is 0.251 e. The molecule has 9 heteroatoms. The quantitative estimate of drug-likeness (QED) is 0.487. The lowest BCUT2D eigenvalue weighted by atomic mass is 10.0. The number of hydrogen-bond donors (Lipinski definition) is 3. The van der Waals surface area contributed by atoms with Gasteiger partial charge >= 0.3 is 0 Å². The van der Waals surface area contributed by atoms with E-state index in [1.54, 1.807) is 38.1 Å². The number of carbonyl (C=O) groups excluding carboxylic acids is 2. The van der Waals surface area contributed by atoms with Crippen LogP contribution in [-0.2, 0) is 20.6 Å². The van der Waals surface area contributed by atoms with Gasteiger partial charge in [-0.3, -0.25) is 9.59 Å². The van der Waals surface area contributed by atoms with Gasteiger partial charge < -0.3 is 10.6 Å². The molecule has 0 radical (unpaired) electrons. The van der Waals surface area contributed by atoms with Crippen LogP contribution in [0.1, 0.15) is 29.8 Å². The summed E-state index contributed by atoms with van der Waals surface area (Å²) in [5.41, 5.74) is 1.27. The predicted molar refractivity (Wildman–Crippen MR) is 118 cm³/mol. The number of amides is 2. The number of nitrogens with one attached hydrogen (secondary N) is 3. The third kappa shape index (κ3) is 7.62. The van der Waals surface area contributed by atoms with E-state index in [4.69, 9.17) is 0 Å². The Bertz CT molecular complexity index is 1020. The second-order valence-corrected chi connectivity index (χ2v) is 9.09. The van der Waals surface area contributed by atoms with Crippen molar-refractivity contribution < 1.29 is 22.4 Å². The van der Waals surface area contributed by atoms with E-state index in [0.717, 1.165) is 0 Å². The number of hydrogen-bond acceptors (Lipinski definition) is 4. The summed E-state index contributed by atoms with van der Waals surface area (Å²) in [4.78, 5) is 25.1. The van der Waals surface area contributed by atoms with Gasteiger partial charge in [0.1, 0.15) is 11.9 Å². The molecule has 0 heterocycles. The molecule has 31 heavy (non-hydrogen) atoms. The SMILES string of the molecule is C=CCNS(=O)(=O)Cc1ccc(NC(=O)C(NC(=O)c2ccc(F)cc2)C(C)C)cc1. The van der Waals surface area contributed by atoms with Crippen molar-refractivity contribution in [3.8, 4) is 0 Å². The summed E-state index contributed by atoms with van der Waals surface area (Å²) in [5.74, 6) is -1.76. The highest BCUT2D eigenvalue weighted by molar-refractivity contribution is 7.88. The maximum atomic E-state index is 13.0. The van der Waals surface area contributed by atoms with Gasteiger partial charge in [0.25, 0.3) is 5.91 Å². The molecule has 2 amide bonds. The minimum absolute atomic E-state index is 0.150. The minimum atomic E-state index is -3.48. The Hall–Kier alpha value is -3.04. The van der Waals surface area contributed by atoms with Crippen molar-refractivity contribution in [1.29, 1.82) is 0 Å². The molecular weight excluding hydrogens is 421 g/mol. The zero-order valence-electron chi connectivity index (χ0n) is 17.4. The Labute approximate surface area is 181 Å². The van der Waals surface area contributed by atoms with Crippen LogP contribution in [0.15, 0.2) is 61.2 Å². The molecule has 2 aromatic rings. The van der Waals surface area contributed by atoms with Crippen LogP contribution in [0.4, 0.5) is 10.1 Å². The first-order valence-corrected chi connectivity index (χ1v) is 11.3. The molecule has 1 unspecified atom stereocenters. The van der Waals surface area contributed by atoms with Crippen LogP contribution in [-0.4, -0.2) is 32.8 Å². The van der Waals surface area contributed by atoms with Crippen LogP contribution in [0.25, 0.3) is 0 Å². The molecular formula is C22H26FN3O4S. The fourth-order valence-electron chi connectivity index (χ4n) is 2.72. The first-order chi connectivity index (χ1) is 14.6. The van der Waals surface area contributed by atoms with Crippen molar-refractivity contribution in [3.63, 3.8) is 0 Å². The minimum Gasteiger partial charge on any atom is -0.340 e. The smallest absolute Gasteiger partial charge is 0.251 e. The van der Waals surface area contributed by atoms with Crippen molar-refractivity contribution in [2.75, 3.05) is 11.9 Å². The second-order valence-electron chi connectivity index (χ2n) is 7.28. The Morgan fingerprint density at radius 2 is 1.68 bits per heavy atom. The van der Waals surface area contributed by atoms with E-state index in [1.165, 1.54) is 30.3 Å². The van der Waals surface area contributed by atoms with Crippen LogP contribution in [0.2, 0.25) is 0 Å². The molecule has 0 bridgehead atoms. The fraction of sp³-hybridized carbons (Fsp3) is 0.273. The van der Waals surface area contributed by atoms with Gasteiger partial charge in [-0.25, -0.2) is 17.5 Å². The number of anilines is 1. The average molecular weight is 448 g/mol. The van der Waals surface area contributed by atoms with Gasteiger partial charge in [0.15, 0.2) is 0 Å². The number of halogens is 1. The lowest BCUT2D eigenvalue weighted by molar-refractivity contribution is -0.118. The van der Waals surface area contributed by atoms with Crippen molar-refractivity contribution in [3.05, 3.63) is 78.1 Å². The van der Waals surface area contributed by atoms with Gasteiger partial charge in [-0.05, 0) is 47.9 Å². The standard InChI is InChI=1S/C22H26FN3O4S/c1-4-13-24-31(29,30)14-16-5-11-19(12-6-16)25-22(28)20(15(2)3)26-21(27)17-7-9-18(23)10-8-17/h4-12,15,20,24H,1,13-14H2,2-3H3,(H,25,28)(H,26,27). The molecule has 2 aromatic carbocycles. The van der Waals surface area contributed by atoms with Gasteiger partial charge in [0, 0.05) is 17.8 Å². The van der Waals surface area contributed by atoms with E-state index in [1.807, 2.05) is 0 Å². The monoisotopic (exact) mass is 447 g/mol. The molecule has 0 aliphatic carbocycles. The van der Waals surface area contributed by atoms with E-state index in [0.29, 0.717) is 11.3 Å². The topological polar surface area (TPSA) is 104 Å². The summed E-state index contributed by atoms with van der Waals surface area (Å²) in [5, 5.41) is 5.39. The molecule has 7 nitrogen and oxygen atoms in total. The summed E-state index contributed by atoms with van der Waals surface area (Å²) in [7, 11) is -3.48. The van der Waals surface area contributed by atoms with Crippen molar-refractivity contribution in [2.45, 2.75) is 25.6 Å². The molecule has 3 N–H and O–H groups in total. The first-order valence-electron chi connectivity index (χ1n) is 9.66. The van der Waals surface area contributed by atoms with Crippen LogP contribution in [0.5, 0.6) is 0 Å². The Morgan fingerprint density at radius 3 is 2.23 bits per heavy atom. The molecule has 0 saturated carbocycles. The molecule has 0 fully saturated rings. The second kappa shape index (κ2) is 10.8. The fourth-order valence-corrected chi connectivity index (χ4v) is 3.83. The first kappa shape index (κ1) is 24.2. The molecule has 1 atom stereocenters. The Morgan fingerprint density at radius 1 is 1.06 bits per heavy atom. The highest BCUT2D eigenvalue weighted by Crippen LogP contribution is 2.14. The third-order valence-corrected chi connectivity index (χ3v) is 5.69. The Balaban J connectivity index is 2.02. The van der Waals surface area contributed by atoms with Gasteiger partial charge in [-0.1, -0.05) is 32.1 Å². The van der Waals surface area contributed by atoms with Crippen LogP contribution in [0.3, 0.4) is 0 Å². The molecule has 0 aromatic heterocycles. The lowest BCUT2D eigenvalue weighted by Crippen LogP contribution is -2.47. The van der Waals surface area contributed by atoms with Crippen LogP contribution in [0, 0.1) is 11.7 Å². The van der Waals surface area contributed by atoms with E-state index < -0.39 is 33.7 Å². The van der Waals surface area contributed by atoms with Gasteiger partial charge in [-0.15, -0.1) is 6.58 Å². The zero-order valence-corrected chi connectivity index (χ0v) is 18.2. The van der Waals surface area contributed by atoms with E-state index in [9.17, 15) is 22.4 Å². The Kier molecular flexibility index (Phi) is 8.47. The van der Waals surface area contributed by atoms with Gasteiger partial charge in [0.2, 0.25) is 15.9 Å². The van der Waals surface area contributed by atoms with Crippen molar-refractivity contribution in [1.82, 2.24) is 10.0 Å². The number of benzene rings is 2. The van der Waals surface area contributed by atoms with Crippen LogP contribution < -0.4 is 15.4 Å². The maximum absolute atomic E-state index is 13.0. The van der Waals surface area contributed by atoms with E-state index >= 15 is 0 Å². The zero-order chi connectivity index (χ0) is 23.0. The van der Waals surface area contributed by atoms with E-state index in [-0.39, 0.29) is 23.8 Å². The van der Waals surface area contributed by atoms with Crippen molar-refractivity contribution >= 4 is 27.5 Å². The van der Waals surface area contributed by atoms with Crippen LogP contribution >= 0.6 is 0 Å². The number of carbonyl (C=O) groups is 2. The normalized spacial score (nSPS) is 12.3. The summed E-state index contributed by atoms with van der Waals surface area (Å²) < 4.78 is 39.3. The van der Waals surface area contributed by atoms with Crippen molar-refractivity contribution in [2.24, 2.45) is 5.92 Å². The molecule has 2 rings (SSSR count). The summed E-state index contributed by atoms with van der Waals surface area (Å²) in [6.07, 6.45) is 1.45. The third-order valence-electron chi connectivity index (χ3n) is 4.37. The van der Waals surface area contributed by atoms with Gasteiger partial charge in [0.05, 0.1) is 5.75 Å². The van der Waals surface area contributed by atoms with Gasteiger partial charge in [-0.2, -0.15) is 0 Å². The summed E-state index contributed by atoms with van der Waals surface area (Å²) >= 11 is 0. The molecule has 0 aliphatic rings. The summed E-state index contributed by atoms with van der Waals surface area (Å²) in [6.45, 7) is 7.20. The molecule has 166 valence electrons. The average Bonchev–Trinajstić information content (AvgIpc) is 2.71. The number of rotatable bonds is 10. The number of sulfonamides is 1. The highest BCUT2D eigenvalue weighted by Gasteiger charge is 2.25. The molecule has 0 spiro atoms. The lowest BCUT2D eigenvalue weighted by Gasteiger charge is -2.22. The van der Waals surface area contributed by atoms with E-state index in [2.05, 4.69) is 21.9 Å². The molecule has 0 aliphatic heterocycles. The summed E-state index contributed by atoms with van der Waals surface area (Å²) in [6, 6.07) is 10.6. The highest BCUT2D eigenvalue weighted by atomic mass is 32.2. The predicted octanol–water partition coefficient (Wildman–Crippen LogP) is 2.82.